The highest BCUT2D eigenvalue weighted by atomic mass is 32.2. The van der Waals surface area contributed by atoms with Crippen LogP contribution in [0.3, 0.4) is 0 Å². The first-order chi connectivity index (χ1) is 24.0. The Balaban J connectivity index is 0.918. The number of para-hydroxylation sites is 1. The lowest BCUT2D eigenvalue weighted by Crippen LogP contribution is -2.32. The van der Waals surface area contributed by atoms with Gasteiger partial charge in [-0.1, -0.05) is 58.7 Å². The van der Waals surface area contributed by atoms with E-state index in [1.165, 1.54) is 28.4 Å². The van der Waals surface area contributed by atoms with Crippen LogP contribution in [0.25, 0.3) is 15.9 Å². The second-order valence-electron chi connectivity index (χ2n) is 11.6. The van der Waals surface area contributed by atoms with E-state index < -0.39 is 6.16 Å². The molecule has 5 heterocycles. The number of rotatable bonds is 10. The van der Waals surface area contributed by atoms with Gasteiger partial charge >= 0.3 is 6.16 Å². The molecule has 3 aliphatic rings. The molecule has 0 saturated heterocycles. The summed E-state index contributed by atoms with van der Waals surface area (Å²) >= 11 is 4.51. The van der Waals surface area contributed by atoms with Crippen molar-refractivity contribution in [3.8, 4) is 11.6 Å². The van der Waals surface area contributed by atoms with Crippen LogP contribution in [-0.2, 0) is 19.4 Å². The van der Waals surface area contributed by atoms with Crippen LogP contribution < -0.4 is 19.7 Å². The van der Waals surface area contributed by atoms with E-state index in [-0.39, 0.29) is 11.8 Å². The Labute approximate surface area is 293 Å². The van der Waals surface area contributed by atoms with Gasteiger partial charge in [0.1, 0.15) is 5.75 Å². The number of carbonyl (C=O) groups excluding carboxylic acids is 1. The van der Waals surface area contributed by atoms with Gasteiger partial charge in [0.15, 0.2) is 15.4 Å². The van der Waals surface area contributed by atoms with Gasteiger partial charge in [0.25, 0.3) is 5.91 Å². The third-order valence-corrected chi connectivity index (χ3v) is 11.5. The maximum atomic E-state index is 13.5. The van der Waals surface area contributed by atoms with E-state index in [0.717, 1.165) is 62.2 Å². The molecule has 2 N–H and O–H groups in total. The fourth-order valence-electron chi connectivity index (χ4n) is 6.12. The zero-order chi connectivity index (χ0) is 33.3. The van der Waals surface area contributed by atoms with Crippen molar-refractivity contribution in [2.24, 2.45) is 4.99 Å². The van der Waals surface area contributed by atoms with Gasteiger partial charge in [-0.25, -0.2) is 9.78 Å². The Bertz CT molecular complexity index is 2090. The van der Waals surface area contributed by atoms with Crippen LogP contribution in [-0.4, -0.2) is 63.4 Å². The number of benzene rings is 3. The van der Waals surface area contributed by atoms with Gasteiger partial charge < -0.3 is 24.4 Å². The average Bonchev–Trinajstić information content (AvgIpc) is 3.91. The molecule has 0 saturated carbocycles. The number of aromatic nitrogens is 2. The first kappa shape index (κ1) is 31.4. The van der Waals surface area contributed by atoms with Crippen molar-refractivity contribution >= 4 is 77.8 Å². The van der Waals surface area contributed by atoms with Crippen LogP contribution in [0.5, 0.6) is 11.6 Å². The third kappa shape index (κ3) is 6.58. The van der Waals surface area contributed by atoms with Crippen molar-refractivity contribution in [1.29, 1.82) is 0 Å². The Morgan fingerprint density at radius 1 is 0.980 bits per heavy atom. The summed E-state index contributed by atoms with van der Waals surface area (Å²) in [5, 5.41) is 16.8. The lowest BCUT2D eigenvalue weighted by atomic mass is 9.94. The van der Waals surface area contributed by atoms with E-state index in [2.05, 4.69) is 47.6 Å². The summed E-state index contributed by atoms with van der Waals surface area (Å²) in [4.78, 5) is 43.7. The maximum absolute atomic E-state index is 13.5. The Kier molecular flexibility index (Phi) is 8.66. The maximum Gasteiger partial charge on any atom is 0.512 e. The molecule has 8 rings (SSSR count). The summed E-state index contributed by atoms with van der Waals surface area (Å²) in [7, 11) is 0. The minimum Gasteiger partial charge on any atom is -0.494 e. The van der Waals surface area contributed by atoms with E-state index in [0.29, 0.717) is 48.4 Å². The standard InChI is InChI=1S/C35H30N6O5S3/c42-30(38-32-37-26-7-1-2-8-28(26)48-32)24-6-3-5-21-14-16-40(19-25(21)24)34-39-31(46-35(43)44)29(49-34)9-4-18-45-23-12-10-22(11-13-23)27-20-47-33-36-15-17-41(27)33/h1-3,5-8,10-13,20H,4,9,14-19H2,(H,43,44)(H,37,38,42). The SMILES string of the molecule is O=C(O)Oc1nc(N2CCc3cccc(C(=O)Nc4nc5ccccc5s4)c3C2)sc1CCCOc1ccc(C2=CSC3=NCCN23)cc1. The molecule has 2 aromatic heterocycles. The molecule has 0 spiro atoms. The number of nitrogens with zero attached hydrogens (tertiary/aromatic N) is 5. The van der Waals surface area contributed by atoms with Gasteiger partial charge in [0, 0.05) is 30.6 Å². The number of thiazole rings is 2. The quantitative estimate of drug-likeness (QED) is 0.112. The molecular weight excluding hydrogens is 681 g/mol. The zero-order valence-corrected chi connectivity index (χ0v) is 28.6. The molecule has 0 fully saturated rings. The predicted molar refractivity (Wildman–Crippen MR) is 194 cm³/mol. The van der Waals surface area contributed by atoms with E-state index in [4.69, 9.17) is 9.47 Å². The number of amides is 1. The number of hydrogen-bond donors (Lipinski definition) is 2. The second kappa shape index (κ2) is 13.5. The number of nitrogens with one attached hydrogen (secondary N) is 1. The fourth-order valence-corrected chi connectivity index (χ4v) is 9.00. The number of fused-ring (bicyclic) bond motifs is 3. The molecule has 14 heteroatoms. The van der Waals surface area contributed by atoms with E-state index in [1.54, 1.807) is 11.8 Å². The molecule has 0 atom stereocenters. The van der Waals surface area contributed by atoms with Crippen LogP contribution in [0.1, 0.15) is 38.3 Å². The lowest BCUT2D eigenvalue weighted by Gasteiger charge is -2.29. The Morgan fingerprint density at radius 2 is 1.86 bits per heavy atom. The van der Waals surface area contributed by atoms with Crippen LogP contribution in [0.4, 0.5) is 15.1 Å². The van der Waals surface area contributed by atoms with E-state index in [9.17, 15) is 14.7 Å². The van der Waals surface area contributed by atoms with Gasteiger partial charge in [-0.05, 0) is 78.4 Å². The van der Waals surface area contributed by atoms with Crippen LogP contribution in [0.2, 0.25) is 0 Å². The Morgan fingerprint density at radius 3 is 2.71 bits per heavy atom. The number of amidine groups is 1. The number of carbonyl (C=O) groups is 2. The van der Waals surface area contributed by atoms with Crippen molar-refractivity contribution in [2.45, 2.75) is 25.8 Å². The molecule has 0 bridgehead atoms. The highest BCUT2D eigenvalue weighted by Gasteiger charge is 2.28. The predicted octanol–water partition coefficient (Wildman–Crippen LogP) is 7.35. The average molecular weight is 711 g/mol. The smallest absolute Gasteiger partial charge is 0.494 e. The van der Waals surface area contributed by atoms with Crippen LogP contribution in [0, 0.1) is 0 Å². The molecule has 248 valence electrons. The second-order valence-corrected chi connectivity index (χ2v) is 14.5. The number of aryl methyl sites for hydroxylation is 1. The lowest BCUT2D eigenvalue weighted by molar-refractivity contribution is 0.102. The van der Waals surface area contributed by atoms with E-state index in [1.807, 2.05) is 54.6 Å². The topological polar surface area (TPSA) is 129 Å². The molecule has 3 aliphatic heterocycles. The van der Waals surface area contributed by atoms with Crippen molar-refractivity contribution < 1.29 is 24.2 Å². The third-order valence-electron chi connectivity index (χ3n) is 8.47. The highest BCUT2D eigenvalue weighted by molar-refractivity contribution is 8.16. The van der Waals surface area contributed by atoms with Gasteiger partial charge in [-0.15, -0.1) is 0 Å². The summed E-state index contributed by atoms with van der Waals surface area (Å²) in [6.45, 7) is 3.33. The zero-order valence-electron chi connectivity index (χ0n) is 26.1. The molecule has 49 heavy (non-hydrogen) atoms. The monoisotopic (exact) mass is 710 g/mol. The minimum atomic E-state index is -1.41. The summed E-state index contributed by atoms with van der Waals surface area (Å²) in [6.07, 6.45) is 0.500. The van der Waals surface area contributed by atoms with Crippen molar-refractivity contribution in [1.82, 2.24) is 14.9 Å². The molecule has 11 nitrogen and oxygen atoms in total. The molecule has 5 aromatic rings. The fraction of sp³-hybridized carbons (Fsp3) is 0.229. The summed E-state index contributed by atoms with van der Waals surface area (Å²) < 4.78 is 12.1. The molecular formula is C35H30N6O5S3. The summed E-state index contributed by atoms with van der Waals surface area (Å²) in [5.74, 6) is 0.649. The first-order valence-electron chi connectivity index (χ1n) is 15.8. The van der Waals surface area contributed by atoms with Gasteiger partial charge in [-0.2, -0.15) is 4.98 Å². The number of anilines is 2. The number of thioether (sulfide) groups is 1. The normalized spacial score (nSPS) is 15.1. The van der Waals surface area contributed by atoms with Crippen molar-refractivity contribution in [2.75, 3.05) is 36.5 Å². The van der Waals surface area contributed by atoms with Crippen molar-refractivity contribution in [3.05, 3.63) is 99.3 Å². The Hall–Kier alpha value is -4.92. The van der Waals surface area contributed by atoms with Crippen LogP contribution in [0.15, 0.2) is 77.1 Å². The number of aliphatic imine (C=N–C) groups is 1. The van der Waals surface area contributed by atoms with Crippen molar-refractivity contribution in [3.63, 3.8) is 0 Å². The van der Waals surface area contributed by atoms with Gasteiger partial charge in [0.05, 0.1) is 33.9 Å². The van der Waals surface area contributed by atoms with Gasteiger partial charge in [-0.3, -0.25) is 15.1 Å². The first-order valence-corrected chi connectivity index (χ1v) is 18.3. The minimum absolute atomic E-state index is 0.0945. The van der Waals surface area contributed by atoms with Crippen LogP contribution >= 0.6 is 34.4 Å². The summed E-state index contributed by atoms with van der Waals surface area (Å²) in [5.41, 5.74) is 5.74. The molecule has 0 radical (unpaired) electrons. The highest BCUT2D eigenvalue weighted by Crippen LogP contribution is 2.37. The molecule has 0 unspecified atom stereocenters. The number of hydrogen-bond acceptors (Lipinski definition) is 12. The number of carboxylic acid groups (broad SMARTS) is 1. The molecule has 1 amide bonds. The largest absolute Gasteiger partial charge is 0.512 e. The van der Waals surface area contributed by atoms with E-state index >= 15 is 0 Å². The molecule has 3 aromatic carbocycles. The number of ether oxygens (including phenoxy) is 2. The molecule has 0 aliphatic carbocycles. The van der Waals surface area contributed by atoms with Gasteiger partial charge in [0.2, 0.25) is 5.88 Å². The summed E-state index contributed by atoms with van der Waals surface area (Å²) in [6, 6.07) is 21.6.